The van der Waals surface area contributed by atoms with E-state index in [1.54, 1.807) is 0 Å². The molecule has 1 heterocycles. The van der Waals surface area contributed by atoms with Gasteiger partial charge in [0.1, 0.15) is 0 Å². The highest BCUT2D eigenvalue weighted by Crippen LogP contribution is 2.50. The van der Waals surface area contributed by atoms with Gasteiger partial charge in [0.25, 0.3) is 0 Å². The molecule has 1 saturated heterocycles. The van der Waals surface area contributed by atoms with Gasteiger partial charge in [0.15, 0.2) is 0 Å². The van der Waals surface area contributed by atoms with Gasteiger partial charge in [-0.1, -0.05) is 6.92 Å². The second-order valence-electron chi connectivity index (χ2n) is 4.08. The number of piperidine rings is 1. The molecule has 0 aromatic rings. The summed E-state index contributed by atoms with van der Waals surface area (Å²) < 4.78 is 0. The van der Waals surface area contributed by atoms with Crippen molar-refractivity contribution in [3.63, 3.8) is 0 Å². The number of hydrogen-bond acceptors (Lipinski definition) is 1. The highest BCUT2D eigenvalue weighted by atomic mass is 14.9. The fourth-order valence-corrected chi connectivity index (χ4v) is 2.47. The summed E-state index contributed by atoms with van der Waals surface area (Å²) in [6.45, 7) is 4.97. The topological polar surface area (TPSA) is 12.0 Å². The summed E-state index contributed by atoms with van der Waals surface area (Å²) in [5.41, 5.74) is 0.748. The zero-order chi connectivity index (χ0) is 7.03. The maximum absolute atomic E-state index is 3.51. The standard InChI is InChI=1S/C9H17N/c1-8-3-5-9(8)4-2-6-10-7-9/h8,10H,2-7H2,1H3/t8?,9-/m0/s1. The minimum Gasteiger partial charge on any atom is -0.316 e. The summed E-state index contributed by atoms with van der Waals surface area (Å²) in [4.78, 5) is 0. The molecule has 0 amide bonds. The Morgan fingerprint density at radius 3 is 2.60 bits per heavy atom. The van der Waals surface area contributed by atoms with Gasteiger partial charge in [-0.25, -0.2) is 0 Å². The van der Waals surface area contributed by atoms with Crippen LogP contribution in [0.15, 0.2) is 0 Å². The Bertz CT molecular complexity index is 125. The molecule has 1 unspecified atom stereocenters. The molecule has 2 aliphatic rings. The number of rotatable bonds is 0. The summed E-state index contributed by atoms with van der Waals surface area (Å²) in [6.07, 6.45) is 5.86. The molecule has 1 heteroatoms. The zero-order valence-corrected chi connectivity index (χ0v) is 6.82. The molecule has 2 rings (SSSR count). The summed E-state index contributed by atoms with van der Waals surface area (Å²) in [5, 5.41) is 3.51. The average Bonchev–Trinajstić information content (AvgIpc) is 2.04. The average molecular weight is 139 g/mol. The second kappa shape index (κ2) is 2.23. The Morgan fingerprint density at radius 1 is 1.40 bits per heavy atom. The molecule has 1 spiro atoms. The highest BCUT2D eigenvalue weighted by Gasteiger charge is 2.43. The predicted molar refractivity (Wildman–Crippen MR) is 42.9 cm³/mol. The molecule has 0 aromatic carbocycles. The van der Waals surface area contributed by atoms with Crippen molar-refractivity contribution in [2.45, 2.75) is 32.6 Å². The molecule has 2 atom stereocenters. The Labute approximate surface area is 63.2 Å². The third-order valence-corrected chi connectivity index (χ3v) is 3.63. The lowest BCUT2D eigenvalue weighted by molar-refractivity contribution is 0.0170. The molecule has 58 valence electrons. The Morgan fingerprint density at radius 2 is 2.30 bits per heavy atom. The molecule has 0 radical (unpaired) electrons. The van der Waals surface area contributed by atoms with Crippen LogP contribution in [0, 0.1) is 11.3 Å². The van der Waals surface area contributed by atoms with E-state index in [1.165, 1.54) is 38.8 Å². The normalized spacial score (nSPS) is 47.1. The smallest absolute Gasteiger partial charge is 0.00104 e. The first-order chi connectivity index (χ1) is 4.83. The molecule has 10 heavy (non-hydrogen) atoms. The van der Waals surface area contributed by atoms with Crippen LogP contribution in [0.4, 0.5) is 0 Å². The van der Waals surface area contributed by atoms with Crippen molar-refractivity contribution in [2.75, 3.05) is 13.1 Å². The summed E-state index contributed by atoms with van der Waals surface area (Å²) in [7, 11) is 0. The van der Waals surface area contributed by atoms with Gasteiger partial charge in [-0.2, -0.15) is 0 Å². The summed E-state index contributed by atoms with van der Waals surface area (Å²) >= 11 is 0. The van der Waals surface area contributed by atoms with Gasteiger partial charge in [0.05, 0.1) is 0 Å². The predicted octanol–water partition coefficient (Wildman–Crippen LogP) is 1.79. The lowest BCUT2D eigenvalue weighted by atomic mass is 9.58. The van der Waals surface area contributed by atoms with Crippen molar-refractivity contribution in [3.8, 4) is 0 Å². The van der Waals surface area contributed by atoms with E-state index in [0.29, 0.717) is 0 Å². The van der Waals surface area contributed by atoms with E-state index < -0.39 is 0 Å². The van der Waals surface area contributed by atoms with E-state index in [2.05, 4.69) is 12.2 Å². The van der Waals surface area contributed by atoms with Crippen molar-refractivity contribution >= 4 is 0 Å². The maximum atomic E-state index is 3.51. The molecule has 1 N–H and O–H groups in total. The summed E-state index contributed by atoms with van der Waals surface area (Å²) in [6, 6.07) is 0. The van der Waals surface area contributed by atoms with Crippen molar-refractivity contribution in [3.05, 3.63) is 0 Å². The van der Waals surface area contributed by atoms with E-state index in [9.17, 15) is 0 Å². The van der Waals surface area contributed by atoms with Crippen molar-refractivity contribution in [1.29, 1.82) is 0 Å². The fraction of sp³-hybridized carbons (Fsp3) is 1.00. The molecule has 1 saturated carbocycles. The van der Waals surface area contributed by atoms with Gasteiger partial charge in [-0.3, -0.25) is 0 Å². The van der Waals surface area contributed by atoms with Crippen LogP contribution in [0.25, 0.3) is 0 Å². The fourth-order valence-electron chi connectivity index (χ4n) is 2.47. The summed E-state index contributed by atoms with van der Waals surface area (Å²) in [5.74, 6) is 1.00. The maximum Gasteiger partial charge on any atom is 0.00104 e. The quantitative estimate of drug-likeness (QED) is 0.539. The Hall–Kier alpha value is -0.0400. The van der Waals surface area contributed by atoms with Gasteiger partial charge >= 0.3 is 0 Å². The third-order valence-electron chi connectivity index (χ3n) is 3.63. The number of nitrogens with one attached hydrogen (secondary N) is 1. The van der Waals surface area contributed by atoms with E-state index in [1.807, 2.05) is 0 Å². The molecule has 1 nitrogen and oxygen atoms in total. The Kier molecular flexibility index (Phi) is 1.48. The van der Waals surface area contributed by atoms with E-state index in [4.69, 9.17) is 0 Å². The van der Waals surface area contributed by atoms with Gasteiger partial charge in [-0.05, 0) is 43.6 Å². The van der Waals surface area contributed by atoms with Gasteiger partial charge in [-0.15, -0.1) is 0 Å². The molecular formula is C9H17N. The van der Waals surface area contributed by atoms with E-state index in [-0.39, 0.29) is 0 Å². The molecule has 1 aliphatic carbocycles. The Balaban J connectivity index is 1.99. The highest BCUT2D eigenvalue weighted by molar-refractivity contribution is 4.96. The number of hydrogen-bond donors (Lipinski definition) is 1. The van der Waals surface area contributed by atoms with Crippen molar-refractivity contribution < 1.29 is 0 Å². The van der Waals surface area contributed by atoms with Crippen LogP contribution < -0.4 is 5.32 Å². The first-order valence-electron chi connectivity index (χ1n) is 4.54. The SMILES string of the molecule is CC1CC[C@]12CCCNC2. The van der Waals surface area contributed by atoms with Crippen LogP contribution in [0.5, 0.6) is 0 Å². The van der Waals surface area contributed by atoms with Crippen LogP contribution >= 0.6 is 0 Å². The lowest BCUT2D eigenvalue weighted by Crippen LogP contribution is -2.49. The monoisotopic (exact) mass is 139 g/mol. The minimum absolute atomic E-state index is 0.748. The minimum atomic E-state index is 0.748. The van der Waals surface area contributed by atoms with Gasteiger partial charge in [0, 0.05) is 6.54 Å². The molecule has 2 fully saturated rings. The molecule has 0 aromatic heterocycles. The first kappa shape index (κ1) is 6.66. The van der Waals surface area contributed by atoms with Gasteiger partial charge in [0.2, 0.25) is 0 Å². The molecule has 0 bridgehead atoms. The van der Waals surface area contributed by atoms with Crippen LogP contribution in [-0.4, -0.2) is 13.1 Å². The molecular weight excluding hydrogens is 122 g/mol. The van der Waals surface area contributed by atoms with Crippen LogP contribution in [0.3, 0.4) is 0 Å². The van der Waals surface area contributed by atoms with E-state index in [0.717, 1.165) is 11.3 Å². The van der Waals surface area contributed by atoms with Crippen LogP contribution in [0.2, 0.25) is 0 Å². The third kappa shape index (κ3) is 0.800. The zero-order valence-electron chi connectivity index (χ0n) is 6.82. The van der Waals surface area contributed by atoms with E-state index >= 15 is 0 Å². The van der Waals surface area contributed by atoms with Crippen LogP contribution in [0.1, 0.15) is 32.6 Å². The van der Waals surface area contributed by atoms with Crippen molar-refractivity contribution in [2.24, 2.45) is 11.3 Å². The lowest BCUT2D eigenvalue weighted by Gasteiger charge is -2.51. The first-order valence-corrected chi connectivity index (χ1v) is 4.54. The largest absolute Gasteiger partial charge is 0.316 e. The van der Waals surface area contributed by atoms with Crippen molar-refractivity contribution in [1.82, 2.24) is 5.32 Å². The van der Waals surface area contributed by atoms with Gasteiger partial charge < -0.3 is 5.32 Å². The van der Waals surface area contributed by atoms with Crippen LogP contribution in [-0.2, 0) is 0 Å². The second-order valence-corrected chi connectivity index (χ2v) is 4.08. The molecule has 1 aliphatic heterocycles.